The molecule has 0 fully saturated rings. The molecule has 98 valence electrons. The maximum atomic E-state index is 10.8. The zero-order chi connectivity index (χ0) is 13.6. The normalized spacial score (nSPS) is 13.1. The van der Waals surface area contributed by atoms with Crippen LogP contribution in [-0.2, 0) is 9.53 Å². The molecule has 1 atom stereocenters. The van der Waals surface area contributed by atoms with E-state index in [2.05, 4.69) is 27.3 Å². The fourth-order valence-electron chi connectivity index (χ4n) is 1.50. The number of hydrogen-bond acceptors (Lipinski definition) is 2. The molecule has 0 N–H and O–H groups in total. The van der Waals surface area contributed by atoms with Crippen molar-refractivity contribution in [2.45, 2.75) is 44.9 Å². The molecule has 3 heteroatoms. The van der Waals surface area contributed by atoms with Crippen molar-refractivity contribution in [2.24, 2.45) is 0 Å². The molecule has 0 aromatic heterocycles. The van der Waals surface area contributed by atoms with Crippen LogP contribution in [0.25, 0.3) is 0 Å². The highest BCUT2D eigenvalue weighted by Gasteiger charge is 2.37. The zero-order valence-electron chi connectivity index (χ0n) is 11.8. The average Bonchev–Trinajstić information content (AvgIpc) is 2.34. The Morgan fingerprint density at radius 3 is 2.39 bits per heavy atom. The van der Waals surface area contributed by atoms with E-state index in [1.807, 2.05) is 30.3 Å². The van der Waals surface area contributed by atoms with E-state index in [1.165, 1.54) is 0 Å². The van der Waals surface area contributed by atoms with Gasteiger partial charge in [0.25, 0.3) is 0 Å². The first-order valence-corrected chi connectivity index (χ1v) is 8.59. The van der Waals surface area contributed by atoms with Gasteiger partial charge < -0.3 is 9.53 Å². The Kier molecular flexibility index (Phi) is 5.76. The molecule has 0 bridgehead atoms. The molecule has 0 saturated carbocycles. The number of rotatable bonds is 6. The second kappa shape index (κ2) is 6.85. The summed E-state index contributed by atoms with van der Waals surface area (Å²) in [5, 5.41) is 0.326. The third-order valence-electron chi connectivity index (χ3n) is 3.26. The molecule has 1 unspecified atom stereocenters. The van der Waals surface area contributed by atoms with Crippen LogP contribution in [0.5, 0.6) is 0 Å². The smallest absolute Gasteiger partial charge is 0.343 e. The second-order valence-corrected chi connectivity index (χ2v) is 8.99. The van der Waals surface area contributed by atoms with Crippen molar-refractivity contribution in [1.29, 1.82) is 0 Å². The molecule has 0 heterocycles. The lowest BCUT2D eigenvalue weighted by Gasteiger charge is -2.18. The van der Waals surface area contributed by atoms with Gasteiger partial charge in [0.15, 0.2) is 6.23 Å². The number of benzene rings is 1. The zero-order valence-corrected chi connectivity index (χ0v) is 12.8. The Morgan fingerprint density at radius 1 is 1.28 bits per heavy atom. The third kappa shape index (κ3) is 4.74. The first-order valence-electron chi connectivity index (χ1n) is 6.38. The van der Waals surface area contributed by atoms with Crippen LogP contribution in [0.1, 0.15) is 38.9 Å². The van der Waals surface area contributed by atoms with Gasteiger partial charge in [-0.25, -0.2) is 0 Å². The van der Waals surface area contributed by atoms with Gasteiger partial charge in [-0.1, -0.05) is 30.3 Å². The van der Waals surface area contributed by atoms with Crippen molar-refractivity contribution in [3.63, 3.8) is 0 Å². The summed E-state index contributed by atoms with van der Waals surface area (Å²) in [4.78, 5) is 10.8. The SMILES string of the molecule is C[Si+](COC(CC=O)c1ccccc1)C(C)(C)C. The summed E-state index contributed by atoms with van der Waals surface area (Å²) < 4.78 is 5.97. The van der Waals surface area contributed by atoms with Crippen LogP contribution in [-0.4, -0.2) is 21.3 Å². The summed E-state index contributed by atoms with van der Waals surface area (Å²) in [6.45, 7) is 9.04. The van der Waals surface area contributed by atoms with E-state index in [1.54, 1.807) is 0 Å². The van der Waals surface area contributed by atoms with Gasteiger partial charge in [0.05, 0.1) is 17.7 Å². The summed E-state index contributed by atoms with van der Waals surface area (Å²) in [6, 6.07) is 9.99. The first-order chi connectivity index (χ1) is 8.45. The predicted octanol–water partition coefficient (Wildman–Crippen LogP) is 3.80. The molecule has 0 aliphatic heterocycles. The molecule has 1 aromatic rings. The Morgan fingerprint density at radius 2 is 1.89 bits per heavy atom. The van der Waals surface area contributed by atoms with E-state index in [-0.39, 0.29) is 6.10 Å². The Balaban J connectivity index is 2.62. The highest BCUT2D eigenvalue weighted by Crippen LogP contribution is 2.28. The highest BCUT2D eigenvalue weighted by molar-refractivity contribution is 6.60. The average molecular weight is 263 g/mol. The Hall–Kier alpha value is -0.933. The van der Waals surface area contributed by atoms with Gasteiger partial charge in [0, 0.05) is 6.42 Å². The number of carbonyl (C=O) groups excluding carboxylic acids is 1. The summed E-state index contributed by atoms with van der Waals surface area (Å²) in [5.74, 6) is 0. The number of ether oxygens (including phenoxy) is 1. The molecule has 0 spiro atoms. The lowest BCUT2D eigenvalue weighted by Crippen LogP contribution is -2.29. The van der Waals surface area contributed by atoms with Gasteiger partial charge in [-0.05, 0) is 26.3 Å². The fraction of sp³-hybridized carbons (Fsp3) is 0.533. The van der Waals surface area contributed by atoms with Crippen LogP contribution < -0.4 is 0 Å². The van der Waals surface area contributed by atoms with Gasteiger partial charge in [-0.2, -0.15) is 0 Å². The van der Waals surface area contributed by atoms with Gasteiger partial charge in [0.2, 0.25) is 0 Å². The van der Waals surface area contributed by atoms with E-state index >= 15 is 0 Å². The largest absolute Gasteiger partial charge is 0.345 e. The van der Waals surface area contributed by atoms with Gasteiger partial charge in [0.1, 0.15) is 6.29 Å². The maximum absolute atomic E-state index is 10.8. The molecule has 18 heavy (non-hydrogen) atoms. The molecule has 0 aliphatic rings. The molecular weight excluding hydrogens is 240 g/mol. The Bertz CT molecular complexity index is 357. The maximum Gasteiger partial charge on any atom is 0.345 e. The first kappa shape index (κ1) is 15.1. The Labute approximate surface area is 112 Å². The van der Waals surface area contributed by atoms with Crippen molar-refractivity contribution in [2.75, 3.05) is 6.23 Å². The van der Waals surface area contributed by atoms with Crippen molar-refractivity contribution in [1.82, 2.24) is 0 Å². The monoisotopic (exact) mass is 263 g/mol. The van der Waals surface area contributed by atoms with Crippen LogP contribution in [0.15, 0.2) is 30.3 Å². The topological polar surface area (TPSA) is 26.3 Å². The van der Waals surface area contributed by atoms with Crippen molar-refractivity contribution in [3.05, 3.63) is 35.9 Å². The number of carbonyl (C=O) groups is 1. The molecule has 0 amide bonds. The van der Waals surface area contributed by atoms with E-state index in [0.717, 1.165) is 18.1 Å². The number of hydrogen-bond donors (Lipinski definition) is 0. The lowest BCUT2D eigenvalue weighted by molar-refractivity contribution is -0.110. The van der Waals surface area contributed by atoms with Crippen LogP contribution >= 0.6 is 0 Å². The molecule has 1 aromatic carbocycles. The minimum Gasteiger partial charge on any atom is -0.343 e. The molecule has 1 rings (SSSR count). The van der Waals surface area contributed by atoms with Crippen molar-refractivity contribution < 1.29 is 9.53 Å². The molecule has 2 nitrogen and oxygen atoms in total. The van der Waals surface area contributed by atoms with E-state index in [4.69, 9.17) is 4.74 Å². The van der Waals surface area contributed by atoms with Crippen LogP contribution in [0.3, 0.4) is 0 Å². The van der Waals surface area contributed by atoms with Crippen LogP contribution in [0, 0.1) is 0 Å². The molecule has 0 aliphatic carbocycles. The van der Waals surface area contributed by atoms with Crippen molar-refractivity contribution in [3.8, 4) is 0 Å². The minimum atomic E-state index is -0.563. The summed E-state index contributed by atoms with van der Waals surface area (Å²) in [5.41, 5.74) is 1.09. The molecular formula is C15H23O2Si+. The van der Waals surface area contributed by atoms with E-state index in [0.29, 0.717) is 11.5 Å². The predicted molar refractivity (Wildman–Crippen MR) is 77.1 cm³/mol. The van der Waals surface area contributed by atoms with Gasteiger partial charge in [-0.15, -0.1) is 0 Å². The van der Waals surface area contributed by atoms with Crippen molar-refractivity contribution >= 4 is 15.1 Å². The lowest BCUT2D eigenvalue weighted by atomic mass is 10.1. The van der Waals surface area contributed by atoms with Gasteiger partial charge >= 0.3 is 8.80 Å². The van der Waals surface area contributed by atoms with Crippen LogP contribution in [0.2, 0.25) is 11.6 Å². The second-order valence-electron chi connectivity index (χ2n) is 5.64. The quantitative estimate of drug-likeness (QED) is 0.576. The third-order valence-corrected chi connectivity index (χ3v) is 6.42. The molecule has 0 saturated heterocycles. The highest BCUT2D eigenvalue weighted by atomic mass is 28.3. The van der Waals surface area contributed by atoms with E-state index < -0.39 is 8.80 Å². The number of aldehydes is 1. The summed E-state index contributed by atoms with van der Waals surface area (Å²) in [7, 11) is -0.563. The van der Waals surface area contributed by atoms with Gasteiger partial charge in [-0.3, -0.25) is 0 Å². The summed E-state index contributed by atoms with van der Waals surface area (Å²) >= 11 is 0. The fourth-order valence-corrected chi connectivity index (χ4v) is 2.38. The summed E-state index contributed by atoms with van der Waals surface area (Å²) in [6.07, 6.45) is 2.06. The van der Waals surface area contributed by atoms with E-state index in [9.17, 15) is 4.79 Å². The molecule has 0 radical (unpaired) electrons. The van der Waals surface area contributed by atoms with Crippen LogP contribution in [0.4, 0.5) is 0 Å². The minimum absolute atomic E-state index is 0.0917. The standard InChI is InChI=1S/C15H23O2Si/c1-15(2,3)18(4)12-17-14(10-11-16)13-8-6-5-7-9-13/h5-9,11,14H,10,12H2,1-4H3/q+1.